The zero-order chi connectivity index (χ0) is 25.8. The number of benzene rings is 2. The first-order chi connectivity index (χ1) is 16.3. The molecule has 0 saturated heterocycles. The molecule has 2 aromatic rings. The number of carbonyl (C=O) groups is 1. The second kappa shape index (κ2) is 8.62. The van der Waals surface area contributed by atoms with E-state index in [0.29, 0.717) is 11.1 Å². The molecule has 0 saturated carbocycles. The smallest absolute Gasteiger partial charge is 0.229 e. The Morgan fingerprint density at radius 1 is 1.20 bits per heavy atom. The van der Waals surface area contributed by atoms with Crippen molar-refractivity contribution in [2.75, 3.05) is 22.9 Å². The first-order valence-electron chi connectivity index (χ1n) is 10.4. The van der Waals surface area contributed by atoms with Gasteiger partial charge in [-0.25, -0.2) is 8.42 Å². The fraction of sp³-hybridized carbons (Fsp3) is 0.273. The number of anilines is 2. The van der Waals surface area contributed by atoms with E-state index in [2.05, 4.69) is 14.4 Å². The molecular formula is C22H25N3O8S2. The van der Waals surface area contributed by atoms with Gasteiger partial charge in [-0.2, -0.15) is 0 Å². The van der Waals surface area contributed by atoms with Crippen LogP contribution in [0.2, 0.25) is 0 Å². The summed E-state index contributed by atoms with van der Waals surface area (Å²) in [4.78, 5) is 13.6. The van der Waals surface area contributed by atoms with Crippen LogP contribution in [-0.2, 0) is 20.2 Å². The summed E-state index contributed by atoms with van der Waals surface area (Å²) in [6.45, 7) is 0.991. The van der Waals surface area contributed by atoms with Crippen LogP contribution in [0.15, 0.2) is 57.3 Å². The summed E-state index contributed by atoms with van der Waals surface area (Å²) in [5, 5.41) is 33.4. The van der Waals surface area contributed by atoms with Gasteiger partial charge in [-0.1, -0.05) is 35.0 Å². The Morgan fingerprint density at radius 2 is 1.89 bits per heavy atom. The van der Waals surface area contributed by atoms with Gasteiger partial charge < -0.3 is 20.6 Å². The van der Waals surface area contributed by atoms with E-state index in [9.17, 15) is 37.6 Å². The van der Waals surface area contributed by atoms with Crippen molar-refractivity contribution in [3.8, 4) is 0 Å². The minimum atomic E-state index is -3.90. The number of sulfonamides is 1. The van der Waals surface area contributed by atoms with E-state index in [4.69, 9.17) is 0 Å². The molecule has 2 atom stereocenters. The summed E-state index contributed by atoms with van der Waals surface area (Å²) in [7, 11) is -7.52. The summed E-state index contributed by atoms with van der Waals surface area (Å²) < 4.78 is 50.8. The molecule has 4 rings (SSSR count). The predicted octanol–water partition coefficient (Wildman–Crippen LogP) is 2.46. The van der Waals surface area contributed by atoms with Crippen molar-refractivity contribution in [1.29, 1.82) is 0 Å². The molecule has 0 fully saturated rings. The number of nitrogens with one attached hydrogen (secondary N) is 2. The average Bonchev–Trinajstić information content (AvgIpc) is 2.77. The highest BCUT2D eigenvalue weighted by atomic mass is 32.3. The third-order valence-electron chi connectivity index (χ3n) is 5.88. The maximum atomic E-state index is 13.7. The number of rotatable bonds is 6. The van der Waals surface area contributed by atoms with E-state index in [-0.39, 0.29) is 34.1 Å². The summed E-state index contributed by atoms with van der Waals surface area (Å²) >= 11 is 0. The van der Waals surface area contributed by atoms with E-state index in [1.165, 1.54) is 18.2 Å². The normalized spacial score (nSPS) is 22.9. The molecule has 0 amide bonds. The Morgan fingerprint density at radius 3 is 2.54 bits per heavy atom. The maximum Gasteiger partial charge on any atom is 0.229 e. The third kappa shape index (κ3) is 4.53. The molecule has 0 spiro atoms. The SMILES string of the molecule is CC1(CC(O)CO)C(=O)C(C2=NS(O)(O)c3cc(NS(C)(=O)=O)ccc3N2)=C(O)c2ccccc21. The van der Waals surface area contributed by atoms with Gasteiger partial charge in [-0.05, 0) is 37.1 Å². The molecule has 11 nitrogen and oxygen atoms in total. The standard InChI is InChI=1S/C22H25N3O8S2/c1-22(10-13(27)11-26)15-6-4-3-5-14(15)19(28)18(20(22)29)21-23-16-8-7-12(24-34(2,30)31)9-17(16)35(32,33)25-21/h3-9,13,24,26-28,32-33H,10-11H2,1-2H3,(H,23,25). The Hall–Kier alpha value is -2.94. The van der Waals surface area contributed by atoms with Gasteiger partial charge in [-0.15, -0.1) is 4.40 Å². The number of aliphatic hydroxyl groups excluding tert-OH is 3. The summed E-state index contributed by atoms with van der Waals surface area (Å²) in [6.07, 6.45) is -0.427. The van der Waals surface area contributed by atoms with E-state index < -0.39 is 50.5 Å². The largest absolute Gasteiger partial charge is 0.506 e. The topological polar surface area (TPSA) is 189 Å². The highest BCUT2D eigenvalue weighted by Gasteiger charge is 2.47. The number of nitrogens with zero attached hydrogens (tertiary/aromatic N) is 1. The zero-order valence-corrected chi connectivity index (χ0v) is 20.4. The molecule has 1 aliphatic carbocycles. The van der Waals surface area contributed by atoms with E-state index in [1.807, 2.05) is 0 Å². The lowest BCUT2D eigenvalue weighted by molar-refractivity contribution is -0.121. The Balaban J connectivity index is 1.84. The van der Waals surface area contributed by atoms with E-state index in [0.717, 1.165) is 6.26 Å². The van der Waals surface area contributed by atoms with Crippen LogP contribution in [0, 0.1) is 0 Å². The van der Waals surface area contributed by atoms with Crippen LogP contribution in [0.3, 0.4) is 0 Å². The van der Waals surface area contributed by atoms with Crippen LogP contribution in [0.4, 0.5) is 11.4 Å². The second-order valence-corrected chi connectivity index (χ2v) is 12.0. The van der Waals surface area contributed by atoms with Crippen LogP contribution < -0.4 is 10.0 Å². The molecule has 0 bridgehead atoms. The van der Waals surface area contributed by atoms with Crippen LogP contribution in [0.1, 0.15) is 24.5 Å². The number of ketones is 1. The quantitative estimate of drug-likeness (QED) is 0.298. The molecule has 13 heteroatoms. The Kier molecular flexibility index (Phi) is 6.20. The van der Waals surface area contributed by atoms with Crippen LogP contribution >= 0.6 is 10.8 Å². The zero-order valence-electron chi connectivity index (χ0n) is 18.8. The minimum absolute atomic E-state index is 0.0852. The van der Waals surface area contributed by atoms with Crippen LogP contribution in [-0.4, -0.2) is 63.4 Å². The summed E-state index contributed by atoms with van der Waals surface area (Å²) in [6, 6.07) is 10.5. The highest BCUT2D eigenvalue weighted by molar-refractivity contribution is 8.23. The van der Waals surface area contributed by atoms with Crippen molar-refractivity contribution in [2.45, 2.75) is 29.8 Å². The Labute approximate surface area is 203 Å². The van der Waals surface area contributed by atoms with Gasteiger partial charge >= 0.3 is 0 Å². The number of amidine groups is 1. The van der Waals surface area contributed by atoms with Crippen LogP contribution in [0.5, 0.6) is 0 Å². The van der Waals surface area contributed by atoms with Gasteiger partial charge in [0.15, 0.2) is 11.6 Å². The number of Topliss-reactive ketones (excluding diaryl/α,β-unsaturated/α-hetero) is 1. The van der Waals surface area contributed by atoms with E-state index in [1.54, 1.807) is 31.2 Å². The molecular weight excluding hydrogens is 498 g/mol. The molecule has 0 radical (unpaired) electrons. The predicted molar refractivity (Wildman–Crippen MR) is 133 cm³/mol. The molecule has 1 aliphatic heterocycles. The number of hydrogen-bond acceptors (Lipinski definition) is 10. The molecule has 2 unspecified atom stereocenters. The van der Waals surface area contributed by atoms with Crippen molar-refractivity contribution in [3.63, 3.8) is 0 Å². The van der Waals surface area contributed by atoms with Gasteiger partial charge in [0.25, 0.3) is 0 Å². The summed E-state index contributed by atoms with van der Waals surface area (Å²) in [5.74, 6) is -1.36. The van der Waals surface area contributed by atoms with Gasteiger partial charge in [0.1, 0.15) is 16.2 Å². The van der Waals surface area contributed by atoms with Crippen molar-refractivity contribution in [3.05, 3.63) is 59.2 Å². The maximum absolute atomic E-state index is 13.7. The monoisotopic (exact) mass is 523 g/mol. The lowest BCUT2D eigenvalue weighted by Crippen LogP contribution is -2.44. The highest BCUT2D eigenvalue weighted by Crippen LogP contribution is 2.57. The molecule has 1 heterocycles. The van der Waals surface area contributed by atoms with Gasteiger partial charge in [0.2, 0.25) is 10.0 Å². The summed E-state index contributed by atoms with van der Waals surface area (Å²) in [5.41, 5.74) is -0.690. The number of carbonyl (C=O) groups excluding carboxylic acids is 1. The first-order valence-corrected chi connectivity index (χ1v) is 13.8. The van der Waals surface area contributed by atoms with Crippen molar-refractivity contribution < 1.29 is 37.6 Å². The van der Waals surface area contributed by atoms with Crippen molar-refractivity contribution in [1.82, 2.24) is 0 Å². The molecule has 7 N–H and O–H groups in total. The average molecular weight is 524 g/mol. The van der Waals surface area contributed by atoms with Gasteiger partial charge in [0.05, 0.1) is 35.8 Å². The molecule has 188 valence electrons. The molecule has 2 aliphatic rings. The number of aliphatic hydroxyl groups is 3. The van der Waals surface area contributed by atoms with Gasteiger partial charge in [-0.3, -0.25) is 18.6 Å². The lowest BCUT2D eigenvalue weighted by Gasteiger charge is -2.39. The second-order valence-electron chi connectivity index (χ2n) is 8.64. The minimum Gasteiger partial charge on any atom is -0.506 e. The Bertz CT molecular complexity index is 1390. The van der Waals surface area contributed by atoms with Crippen molar-refractivity contribution >= 4 is 49.6 Å². The molecule has 35 heavy (non-hydrogen) atoms. The number of fused-ring (bicyclic) bond motifs is 2. The first kappa shape index (κ1) is 25.2. The number of hydrogen-bond donors (Lipinski definition) is 7. The molecule has 2 aromatic carbocycles. The lowest BCUT2D eigenvalue weighted by atomic mass is 9.66. The fourth-order valence-corrected chi connectivity index (χ4v) is 6.08. The van der Waals surface area contributed by atoms with E-state index >= 15 is 0 Å². The van der Waals surface area contributed by atoms with Crippen LogP contribution in [0.25, 0.3) is 5.76 Å². The van der Waals surface area contributed by atoms with Crippen molar-refractivity contribution in [2.24, 2.45) is 4.40 Å². The fourth-order valence-electron chi connectivity index (χ4n) is 4.33. The van der Waals surface area contributed by atoms with Gasteiger partial charge in [0, 0.05) is 5.56 Å². The molecule has 0 aromatic heterocycles. The third-order valence-corrected chi connectivity index (χ3v) is 7.86.